The molecule has 2 heterocycles. The molecule has 0 aromatic heterocycles. The van der Waals surface area contributed by atoms with Crippen LogP contribution in [-0.2, 0) is 4.74 Å². The zero-order valence-corrected chi connectivity index (χ0v) is 10.7. The van der Waals surface area contributed by atoms with Gasteiger partial charge in [0.1, 0.15) is 0 Å². The van der Waals surface area contributed by atoms with Crippen molar-refractivity contribution in [3.05, 3.63) is 0 Å². The average Bonchev–Trinajstić information content (AvgIpc) is 2.31. The van der Waals surface area contributed by atoms with Gasteiger partial charge in [0.05, 0.1) is 0 Å². The zero-order valence-electron chi connectivity index (χ0n) is 10.7. The Balaban J connectivity index is 1.84. The van der Waals surface area contributed by atoms with Gasteiger partial charge in [-0.25, -0.2) is 0 Å². The zero-order chi connectivity index (χ0) is 11.5. The van der Waals surface area contributed by atoms with Gasteiger partial charge in [0.2, 0.25) is 0 Å². The van der Waals surface area contributed by atoms with Gasteiger partial charge in [0, 0.05) is 31.8 Å². The Hall–Kier alpha value is -0.120. The summed E-state index contributed by atoms with van der Waals surface area (Å²) < 4.78 is 5.42. The Morgan fingerprint density at radius 1 is 1.19 bits per heavy atom. The van der Waals surface area contributed by atoms with Crippen LogP contribution in [0.4, 0.5) is 0 Å². The molecule has 2 aliphatic rings. The molecule has 0 radical (unpaired) electrons. The Labute approximate surface area is 99.3 Å². The van der Waals surface area contributed by atoms with Crippen LogP contribution in [0, 0.1) is 11.8 Å². The van der Waals surface area contributed by atoms with E-state index in [1.54, 1.807) is 0 Å². The second-order valence-electron chi connectivity index (χ2n) is 5.60. The van der Waals surface area contributed by atoms with E-state index in [0.29, 0.717) is 18.0 Å². The summed E-state index contributed by atoms with van der Waals surface area (Å²) in [6.07, 6.45) is 3.64. The Kier molecular flexibility index (Phi) is 4.22. The lowest BCUT2D eigenvalue weighted by atomic mass is 9.86. The van der Waals surface area contributed by atoms with Crippen LogP contribution < -0.4 is 5.73 Å². The molecule has 2 N–H and O–H groups in total. The van der Waals surface area contributed by atoms with Crippen LogP contribution in [-0.4, -0.2) is 43.3 Å². The van der Waals surface area contributed by atoms with E-state index in [1.807, 2.05) is 0 Å². The molecule has 0 bridgehead atoms. The van der Waals surface area contributed by atoms with Crippen molar-refractivity contribution in [1.29, 1.82) is 0 Å². The molecule has 3 heteroatoms. The molecule has 2 aliphatic heterocycles. The molecule has 3 unspecified atom stereocenters. The van der Waals surface area contributed by atoms with Crippen LogP contribution in [0.1, 0.15) is 33.1 Å². The molecular weight excluding hydrogens is 200 g/mol. The summed E-state index contributed by atoms with van der Waals surface area (Å²) in [5, 5.41) is 0. The lowest BCUT2D eigenvalue weighted by molar-refractivity contribution is 0.0279. The largest absolute Gasteiger partial charge is 0.381 e. The van der Waals surface area contributed by atoms with Gasteiger partial charge in [-0.15, -0.1) is 0 Å². The minimum Gasteiger partial charge on any atom is -0.381 e. The molecule has 0 spiro atoms. The van der Waals surface area contributed by atoms with E-state index in [4.69, 9.17) is 10.5 Å². The lowest BCUT2D eigenvalue weighted by Crippen LogP contribution is -2.53. The molecule has 2 fully saturated rings. The van der Waals surface area contributed by atoms with Crippen molar-refractivity contribution < 1.29 is 4.74 Å². The van der Waals surface area contributed by atoms with Crippen molar-refractivity contribution in [2.24, 2.45) is 17.6 Å². The first-order valence-corrected chi connectivity index (χ1v) is 6.76. The van der Waals surface area contributed by atoms with Crippen molar-refractivity contribution in [3.63, 3.8) is 0 Å². The summed E-state index contributed by atoms with van der Waals surface area (Å²) in [7, 11) is 0. The summed E-state index contributed by atoms with van der Waals surface area (Å²) in [5.41, 5.74) is 6.12. The average molecular weight is 226 g/mol. The first-order chi connectivity index (χ1) is 7.68. The third-order valence-corrected chi connectivity index (χ3v) is 4.60. The number of ether oxygens (including phenoxy) is 1. The Bertz CT molecular complexity index is 216. The van der Waals surface area contributed by atoms with E-state index in [-0.39, 0.29) is 0 Å². The lowest BCUT2D eigenvalue weighted by Gasteiger charge is -2.43. The highest BCUT2D eigenvalue weighted by molar-refractivity contribution is 4.87. The molecule has 0 aliphatic carbocycles. The quantitative estimate of drug-likeness (QED) is 0.775. The second-order valence-corrected chi connectivity index (χ2v) is 5.60. The van der Waals surface area contributed by atoms with Gasteiger partial charge in [-0.05, 0) is 44.6 Å². The summed E-state index contributed by atoms with van der Waals surface area (Å²) in [5.74, 6) is 1.48. The monoisotopic (exact) mass is 226 g/mol. The number of likely N-dealkylation sites (tertiary alicyclic amines) is 1. The van der Waals surface area contributed by atoms with Gasteiger partial charge in [0.15, 0.2) is 0 Å². The topological polar surface area (TPSA) is 38.5 Å². The van der Waals surface area contributed by atoms with Crippen molar-refractivity contribution in [2.45, 2.75) is 45.2 Å². The highest BCUT2D eigenvalue weighted by Crippen LogP contribution is 2.25. The van der Waals surface area contributed by atoms with Crippen LogP contribution >= 0.6 is 0 Å². The second kappa shape index (κ2) is 5.48. The molecule has 3 atom stereocenters. The molecule has 3 nitrogen and oxygen atoms in total. The van der Waals surface area contributed by atoms with Crippen LogP contribution in [0.5, 0.6) is 0 Å². The van der Waals surface area contributed by atoms with Crippen molar-refractivity contribution >= 4 is 0 Å². The molecule has 0 saturated carbocycles. The fourth-order valence-corrected chi connectivity index (χ4v) is 2.99. The van der Waals surface area contributed by atoms with E-state index in [2.05, 4.69) is 18.7 Å². The highest BCUT2D eigenvalue weighted by atomic mass is 16.5. The summed E-state index contributed by atoms with van der Waals surface area (Å²) in [6, 6.07) is 1.05. The third-order valence-electron chi connectivity index (χ3n) is 4.60. The maximum absolute atomic E-state index is 6.12. The van der Waals surface area contributed by atoms with E-state index >= 15 is 0 Å². The molecule has 16 heavy (non-hydrogen) atoms. The van der Waals surface area contributed by atoms with Crippen molar-refractivity contribution in [3.8, 4) is 0 Å². The van der Waals surface area contributed by atoms with Crippen molar-refractivity contribution in [2.75, 3.05) is 26.3 Å². The summed E-state index contributed by atoms with van der Waals surface area (Å²) >= 11 is 0. The Morgan fingerprint density at radius 2 is 1.88 bits per heavy atom. The first-order valence-electron chi connectivity index (χ1n) is 6.76. The smallest absolute Gasteiger partial charge is 0.0469 e. The first kappa shape index (κ1) is 12.3. The number of hydrogen-bond donors (Lipinski definition) is 1. The van der Waals surface area contributed by atoms with E-state index in [1.165, 1.54) is 25.9 Å². The van der Waals surface area contributed by atoms with Gasteiger partial charge in [-0.1, -0.05) is 6.92 Å². The molecule has 0 aromatic carbocycles. The Morgan fingerprint density at radius 3 is 2.56 bits per heavy atom. The minimum absolute atomic E-state index is 0.404. The third kappa shape index (κ3) is 2.76. The number of piperidine rings is 1. The van der Waals surface area contributed by atoms with Crippen LogP contribution in [0.3, 0.4) is 0 Å². The molecule has 0 aromatic rings. The van der Waals surface area contributed by atoms with Gasteiger partial charge in [0.25, 0.3) is 0 Å². The standard InChI is InChI=1S/C13H26N2O/c1-10-11(2)15(6-3-13(10)14)9-12-4-7-16-8-5-12/h10-13H,3-9,14H2,1-2H3. The van der Waals surface area contributed by atoms with Crippen molar-refractivity contribution in [1.82, 2.24) is 4.90 Å². The molecule has 94 valence electrons. The normalized spacial score (nSPS) is 38.8. The molecule has 2 saturated heterocycles. The van der Waals surface area contributed by atoms with Gasteiger partial charge in [-0.3, -0.25) is 0 Å². The molecule has 2 rings (SSSR count). The van der Waals surface area contributed by atoms with E-state index in [0.717, 1.165) is 25.6 Å². The SMILES string of the molecule is CC1C(N)CCN(CC2CCOCC2)C1C. The van der Waals surface area contributed by atoms with Crippen LogP contribution in [0.2, 0.25) is 0 Å². The highest BCUT2D eigenvalue weighted by Gasteiger charge is 2.31. The summed E-state index contributed by atoms with van der Waals surface area (Å²) in [4.78, 5) is 2.64. The predicted octanol–water partition coefficient (Wildman–Crippen LogP) is 1.47. The number of hydrogen-bond acceptors (Lipinski definition) is 3. The van der Waals surface area contributed by atoms with Gasteiger partial charge >= 0.3 is 0 Å². The maximum Gasteiger partial charge on any atom is 0.0469 e. The van der Waals surface area contributed by atoms with Crippen LogP contribution in [0.15, 0.2) is 0 Å². The van der Waals surface area contributed by atoms with E-state index < -0.39 is 0 Å². The number of nitrogens with zero attached hydrogens (tertiary/aromatic N) is 1. The minimum atomic E-state index is 0.404. The summed E-state index contributed by atoms with van der Waals surface area (Å²) in [6.45, 7) is 8.99. The fourth-order valence-electron chi connectivity index (χ4n) is 2.99. The maximum atomic E-state index is 6.12. The number of nitrogens with two attached hydrogens (primary N) is 1. The van der Waals surface area contributed by atoms with Gasteiger partial charge in [-0.2, -0.15) is 0 Å². The molecular formula is C13H26N2O. The fraction of sp³-hybridized carbons (Fsp3) is 1.00. The number of rotatable bonds is 2. The van der Waals surface area contributed by atoms with E-state index in [9.17, 15) is 0 Å². The molecule has 0 amide bonds. The van der Waals surface area contributed by atoms with Gasteiger partial charge < -0.3 is 15.4 Å². The predicted molar refractivity (Wildman–Crippen MR) is 66.3 cm³/mol. The van der Waals surface area contributed by atoms with Crippen LogP contribution in [0.25, 0.3) is 0 Å².